The molecule has 0 radical (unpaired) electrons. The quantitative estimate of drug-likeness (QED) is 0.916. The Bertz CT molecular complexity index is 632. The van der Waals surface area contributed by atoms with Gasteiger partial charge in [-0.3, -0.25) is 4.79 Å². The Labute approximate surface area is 138 Å². The molecule has 3 rings (SSSR count). The number of fused-ring (bicyclic) bond motifs is 1. The van der Waals surface area contributed by atoms with E-state index >= 15 is 0 Å². The van der Waals surface area contributed by atoms with E-state index in [9.17, 15) is 9.90 Å². The lowest BCUT2D eigenvalue weighted by Gasteiger charge is -2.29. The number of hydrogen-bond acceptors (Lipinski definition) is 3. The van der Waals surface area contributed by atoms with E-state index in [1.165, 1.54) is 16.7 Å². The number of methoxy groups -OCH3 is 1. The van der Waals surface area contributed by atoms with Crippen LogP contribution in [0.4, 0.5) is 0 Å². The second-order valence-corrected chi connectivity index (χ2v) is 6.80. The second kappa shape index (κ2) is 6.48. The van der Waals surface area contributed by atoms with E-state index < -0.39 is 11.5 Å². The van der Waals surface area contributed by atoms with Gasteiger partial charge in [-0.1, -0.05) is 19.1 Å². The van der Waals surface area contributed by atoms with Crippen LogP contribution in [0.25, 0.3) is 5.57 Å². The van der Waals surface area contributed by atoms with Crippen LogP contribution in [0.3, 0.4) is 0 Å². The number of allylic oxidation sites excluding steroid dienone is 2. The highest BCUT2D eigenvalue weighted by molar-refractivity contribution is 5.88. The van der Waals surface area contributed by atoms with Crippen LogP contribution in [-0.4, -0.2) is 24.1 Å². The minimum Gasteiger partial charge on any atom is -0.497 e. The number of ketones is 1. The maximum Gasteiger partial charge on any atom is 0.142 e. The average molecular weight is 314 g/mol. The maximum atomic E-state index is 12.3. The zero-order chi connectivity index (χ0) is 16.4. The number of aliphatic hydroxyl groups is 1. The van der Waals surface area contributed by atoms with Gasteiger partial charge < -0.3 is 9.84 Å². The number of aliphatic hydroxyl groups excluding tert-OH is 1. The van der Waals surface area contributed by atoms with Crippen molar-refractivity contribution in [3.8, 4) is 5.75 Å². The van der Waals surface area contributed by atoms with Crippen molar-refractivity contribution in [2.75, 3.05) is 7.11 Å². The van der Waals surface area contributed by atoms with Crippen molar-refractivity contribution in [3.05, 3.63) is 35.4 Å². The Morgan fingerprint density at radius 2 is 2.17 bits per heavy atom. The first-order chi connectivity index (χ1) is 11.1. The number of carbonyl (C=O) groups excluding carboxylic acids is 1. The lowest BCUT2D eigenvalue weighted by Crippen LogP contribution is -2.35. The number of carbonyl (C=O) groups is 1. The van der Waals surface area contributed by atoms with Gasteiger partial charge in [0, 0.05) is 6.42 Å². The van der Waals surface area contributed by atoms with Crippen LogP contribution in [0, 0.1) is 5.41 Å². The molecule has 2 aliphatic rings. The van der Waals surface area contributed by atoms with E-state index in [0.717, 1.165) is 25.0 Å². The van der Waals surface area contributed by atoms with Crippen LogP contribution in [0.1, 0.15) is 56.6 Å². The van der Waals surface area contributed by atoms with E-state index in [2.05, 4.69) is 18.2 Å². The highest BCUT2D eigenvalue weighted by Gasteiger charge is 2.46. The summed E-state index contributed by atoms with van der Waals surface area (Å²) in [6.07, 6.45) is 7.47. The largest absolute Gasteiger partial charge is 0.497 e. The topological polar surface area (TPSA) is 46.5 Å². The maximum absolute atomic E-state index is 12.3. The molecule has 3 heteroatoms. The van der Waals surface area contributed by atoms with E-state index in [-0.39, 0.29) is 5.78 Å². The molecule has 0 heterocycles. The number of aryl methyl sites for hydroxylation is 1. The third-order valence-electron chi connectivity index (χ3n) is 5.73. The molecule has 0 aliphatic heterocycles. The summed E-state index contributed by atoms with van der Waals surface area (Å²) in [6, 6.07) is 6.25. The van der Waals surface area contributed by atoms with Crippen LogP contribution in [-0.2, 0) is 11.2 Å². The minimum absolute atomic E-state index is 0.232. The summed E-state index contributed by atoms with van der Waals surface area (Å²) in [5.41, 5.74) is 3.36. The molecule has 1 aromatic rings. The molecule has 2 atom stereocenters. The van der Waals surface area contributed by atoms with Crippen LogP contribution >= 0.6 is 0 Å². The van der Waals surface area contributed by atoms with Crippen molar-refractivity contribution >= 4 is 11.4 Å². The second-order valence-electron chi connectivity index (χ2n) is 6.80. The summed E-state index contributed by atoms with van der Waals surface area (Å²) in [7, 11) is 1.69. The van der Waals surface area contributed by atoms with Crippen molar-refractivity contribution in [1.29, 1.82) is 0 Å². The molecule has 0 unspecified atom stereocenters. The fraction of sp³-hybridized carbons (Fsp3) is 0.550. The van der Waals surface area contributed by atoms with E-state index in [0.29, 0.717) is 25.7 Å². The van der Waals surface area contributed by atoms with Crippen LogP contribution < -0.4 is 4.74 Å². The number of hydrogen-bond donors (Lipinski definition) is 1. The van der Waals surface area contributed by atoms with Crippen LogP contribution in [0.5, 0.6) is 5.75 Å². The molecule has 23 heavy (non-hydrogen) atoms. The predicted octanol–water partition coefficient (Wildman–Crippen LogP) is 3.93. The van der Waals surface area contributed by atoms with Gasteiger partial charge >= 0.3 is 0 Å². The lowest BCUT2D eigenvalue weighted by atomic mass is 9.76. The van der Waals surface area contributed by atoms with Gasteiger partial charge in [0.25, 0.3) is 0 Å². The fourth-order valence-electron chi connectivity index (χ4n) is 4.14. The highest BCUT2D eigenvalue weighted by atomic mass is 16.5. The summed E-state index contributed by atoms with van der Waals surface area (Å²) in [6.45, 7) is 2.02. The first kappa shape index (κ1) is 16.3. The van der Waals surface area contributed by atoms with Crippen molar-refractivity contribution in [3.63, 3.8) is 0 Å². The molecule has 0 saturated heterocycles. The number of ether oxygens (including phenoxy) is 1. The van der Waals surface area contributed by atoms with Gasteiger partial charge in [0.2, 0.25) is 0 Å². The van der Waals surface area contributed by atoms with Crippen molar-refractivity contribution in [2.24, 2.45) is 5.41 Å². The number of rotatable bonds is 4. The summed E-state index contributed by atoms with van der Waals surface area (Å²) in [4.78, 5) is 12.3. The summed E-state index contributed by atoms with van der Waals surface area (Å²) in [5, 5.41) is 10.3. The third-order valence-corrected chi connectivity index (χ3v) is 5.73. The van der Waals surface area contributed by atoms with E-state index in [1.807, 2.05) is 13.0 Å². The molecule has 0 amide bonds. The molecule has 3 nitrogen and oxygen atoms in total. The van der Waals surface area contributed by atoms with E-state index in [4.69, 9.17) is 4.74 Å². The Kier molecular flexibility index (Phi) is 4.58. The Hall–Kier alpha value is -1.61. The van der Waals surface area contributed by atoms with Gasteiger partial charge in [-0.15, -0.1) is 0 Å². The Balaban J connectivity index is 1.88. The first-order valence-corrected chi connectivity index (χ1v) is 8.68. The number of Topliss-reactive ketones (excluding diaryl/α,β-unsaturated/α-hetero) is 1. The van der Waals surface area contributed by atoms with Gasteiger partial charge in [-0.2, -0.15) is 0 Å². The average Bonchev–Trinajstić information content (AvgIpc) is 2.87. The smallest absolute Gasteiger partial charge is 0.142 e. The van der Waals surface area contributed by atoms with Crippen molar-refractivity contribution in [2.45, 2.75) is 58.0 Å². The monoisotopic (exact) mass is 314 g/mol. The fourth-order valence-corrected chi connectivity index (χ4v) is 4.14. The number of benzene rings is 1. The summed E-state index contributed by atoms with van der Waals surface area (Å²) >= 11 is 0. The molecule has 0 aromatic heterocycles. The molecule has 2 aliphatic carbocycles. The van der Waals surface area contributed by atoms with Gasteiger partial charge in [-0.25, -0.2) is 0 Å². The SMILES string of the molecule is CC[C@]1(C/C=C2\CCCc3cc(OC)ccc32)C(=O)CC[C@@H]1O. The normalized spacial score (nSPS) is 28.9. The summed E-state index contributed by atoms with van der Waals surface area (Å²) in [5.74, 6) is 1.13. The third kappa shape index (κ3) is 2.83. The van der Waals surface area contributed by atoms with Crippen LogP contribution in [0.15, 0.2) is 24.3 Å². The molecule has 0 bridgehead atoms. The van der Waals surface area contributed by atoms with Gasteiger partial charge in [-0.05, 0) is 67.4 Å². The molecule has 1 fully saturated rings. The Morgan fingerprint density at radius 3 is 2.83 bits per heavy atom. The first-order valence-electron chi connectivity index (χ1n) is 8.68. The zero-order valence-corrected chi connectivity index (χ0v) is 14.1. The molecule has 1 aromatic carbocycles. The lowest BCUT2D eigenvalue weighted by molar-refractivity contribution is -0.129. The molecule has 124 valence electrons. The summed E-state index contributed by atoms with van der Waals surface area (Å²) < 4.78 is 5.32. The van der Waals surface area contributed by atoms with Gasteiger partial charge in [0.15, 0.2) is 0 Å². The standard InChI is InChI=1S/C20H26O3/c1-3-20(18(21)9-10-19(20)22)12-11-14-5-4-6-15-13-16(23-2)7-8-17(14)15/h7-8,11,13,18,21H,3-6,9-10,12H2,1-2H3/b14-11+/t18-,20+/m0/s1. The zero-order valence-electron chi connectivity index (χ0n) is 14.1. The van der Waals surface area contributed by atoms with Gasteiger partial charge in [0.05, 0.1) is 18.6 Å². The predicted molar refractivity (Wildman–Crippen MR) is 91.5 cm³/mol. The molecule has 0 spiro atoms. The highest BCUT2D eigenvalue weighted by Crippen LogP contribution is 2.43. The minimum atomic E-state index is -0.558. The van der Waals surface area contributed by atoms with Crippen LogP contribution in [0.2, 0.25) is 0 Å². The molecule has 1 saturated carbocycles. The molecular formula is C20H26O3. The van der Waals surface area contributed by atoms with Crippen molar-refractivity contribution in [1.82, 2.24) is 0 Å². The Morgan fingerprint density at radius 1 is 1.35 bits per heavy atom. The molecular weight excluding hydrogens is 288 g/mol. The van der Waals surface area contributed by atoms with Gasteiger partial charge in [0.1, 0.15) is 11.5 Å². The van der Waals surface area contributed by atoms with Crippen molar-refractivity contribution < 1.29 is 14.6 Å². The molecule has 1 N–H and O–H groups in total. The van der Waals surface area contributed by atoms with E-state index in [1.54, 1.807) is 7.11 Å².